The first-order valence-electron chi connectivity index (χ1n) is 6.43. The number of aromatic nitrogens is 2. The van der Waals surface area contributed by atoms with Crippen molar-refractivity contribution in [1.82, 2.24) is 10.2 Å². The molecule has 0 radical (unpaired) electrons. The largest absolute Gasteiger partial charge is 0.382 e. The fraction of sp³-hybridized carbons (Fsp3) is 0.0625. The number of anilines is 1. The molecule has 3 N–H and O–H groups in total. The van der Waals surface area contributed by atoms with E-state index in [-0.39, 0.29) is 5.82 Å². The van der Waals surface area contributed by atoms with E-state index in [4.69, 9.17) is 17.3 Å². The molecule has 0 fully saturated rings. The van der Waals surface area contributed by atoms with E-state index in [0.717, 1.165) is 27.9 Å². The quantitative estimate of drug-likeness (QED) is 0.736. The van der Waals surface area contributed by atoms with Gasteiger partial charge in [0, 0.05) is 10.6 Å². The zero-order chi connectivity index (χ0) is 15.0. The number of rotatable bonds is 2. The summed E-state index contributed by atoms with van der Waals surface area (Å²) in [5.74, 6) is 0.0808. The fourth-order valence-electron chi connectivity index (χ4n) is 2.34. The van der Waals surface area contributed by atoms with Gasteiger partial charge in [-0.25, -0.2) is 4.39 Å². The average Bonchev–Trinajstić information content (AvgIpc) is 2.85. The lowest BCUT2D eigenvalue weighted by molar-refractivity contribution is 0.628. The third kappa shape index (κ3) is 2.38. The molecule has 0 aliphatic rings. The van der Waals surface area contributed by atoms with Crippen molar-refractivity contribution in [2.75, 3.05) is 5.73 Å². The molecule has 0 amide bonds. The normalized spacial score (nSPS) is 10.8. The van der Waals surface area contributed by atoms with Gasteiger partial charge in [-0.3, -0.25) is 5.10 Å². The van der Waals surface area contributed by atoms with Crippen molar-refractivity contribution < 1.29 is 4.39 Å². The van der Waals surface area contributed by atoms with Crippen molar-refractivity contribution in [3.8, 4) is 22.4 Å². The third-order valence-corrected chi connectivity index (χ3v) is 3.87. The van der Waals surface area contributed by atoms with Crippen molar-refractivity contribution in [1.29, 1.82) is 0 Å². The number of hydrogen-bond donors (Lipinski definition) is 2. The molecule has 0 aliphatic carbocycles. The number of H-pyrrole nitrogens is 1. The van der Waals surface area contributed by atoms with Crippen LogP contribution in [0.4, 0.5) is 10.2 Å². The minimum absolute atomic E-state index is 0.290. The summed E-state index contributed by atoms with van der Waals surface area (Å²) in [6, 6.07) is 11.8. The number of hydrogen-bond acceptors (Lipinski definition) is 2. The van der Waals surface area contributed by atoms with Gasteiger partial charge in [-0.2, -0.15) is 5.10 Å². The minimum atomic E-state index is -0.290. The van der Waals surface area contributed by atoms with Crippen LogP contribution in [0, 0.1) is 12.7 Å². The van der Waals surface area contributed by atoms with Crippen molar-refractivity contribution in [2.45, 2.75) is 6.92 Å². The van der Waals surface area contributed by atoms with Crippen molar-refractivity contribution in [3.63, 3.8) is 0 Å². The van der Waals surface area contributed by atoms with Crippen LogP contribution >= 0.6 is 11.6 Å². The van der Waals surface area contributed by atoms with Crippen molar-refractivity contribution in [3.05, 3.63) is 58.9 Å². The maximum atomic E-state index is 13.1. The van der Waals surface area contributed by atoms with Crippen molar-refractivity contribution >= 4 is 17.4 Å². The lowest BCUT2D eigenvalue weighted by atomic mass is 9.98. The highest BCUT2D eigenvalue weighted by molar-refractivity contribution is 6.31. The van der Waals surface area contributed by atoms with E-state index >= 15 is 0 Å². The Balaban J connectivity index is 2.22. The number of benzene rings is 2. The summed E-state index contributed by atoms with van der Waals surface area (Å²) in [6.45, 7) is 1.93. The molecule has 5 heteroatoms. The Morgan fingerprint density at radius 2 is 1.86 bits per heavy atom. The van der Waals surface area contributed by atoms with Gasteiger partial charge in [0.2, 0.25) is 0 Å². The Hall–Kier alpha value is -2.33. The van der Waals surface area contributed by atoms with E-state index in [1.807, 2.05) is 25.1 Å². The Kier molecular flexibility index (Phi) is 3.39. The van der Waals surface area contributed by atoms with Gasteiger partial charge in [0.1, 0.15) is 5.82 Å². The molecule has 0 spiro atoms. The number of nitrogen functional groups attached to an aromatic ring is 1. The predicted molar refractivity (Wildman–Crippen MR) is 83.6 cm³/mol. The molecule has 3 nitrogen and oxygen atoms in total. The zero-order valence-electron chi connectivity index (χ0n) is 11.3. The first-order valence-corrected chi connectivity index (χ1v) is 6.81. The summed E-state index contributed by atoms with van der Waals surface area (Å²) in [4.78, 5) is 0. The SMILES string of the molecule is Cc1c(Cl)cccc1-c1[nH]nc(N)c1-c1ccc(F)cc1. The average molecular weight is 302 g/mol. The second-order valence-corrected chi connectivity index (χ2v) is 5.19. The maximum Gasteiger partial charge on any atom is 0.153 e. The van der Waals surface area contributed by atoms with E-state index in [1.165, 1.54) is 12.1 Å². The van der Waals surface area contributed by atoms with Gasteiger partial charge in [-0.05, 0) is 36.2 Å². The summed E-state index contributed by atoms with van der Waals surface area (Å²) in [6.07, 6.45) is 0. The number of nitrogens with two attached hydrogens (primary N) is 1. The highest BCUT2D eigenvalue weighted by Crippen LogP contribution is 2.37. The molecular formula is C16H13ClFN3. The summed E-state index contributed by atoms with van der Waals surface area (Å²) in [5.41, 5.74) is 10.2. The van der Waals surface area contributed by atoms with Gasteiger partial charge >= 0.3 is 0 Å². The van der Waals surface area contributed by atoms with Gasteiger partial charge in [-0.15, -0.1) is 0 Å². The highest BCUT2D eigenvalue weighted by Gasteiger charge is 2.17. The van der Waals surface area contributed by atoms with Crippen LogP contribution in [0.2, 0.25) is 5.02 Å². The molecule has 0 unspecified atom stereocenters. The molecule has 1 heterocycles. The number of halogens is 2. The molecule has 21 heavy (non-hydrogen) atoms. The van der Waals surface area contributed by atoms with Gasteiger partial charge in [0.15, 0.2) is 5.82 Å². The molecule has 0 bridgehead atoms. The third-order valence-electron chi connectivity index (χ3n) is 3.46. The van der Waals surface area contributed by atoms with E-state index in [0.29, 0.717) is 10.8 Å². The first kappa shape index (κ1) is 13.6. The molecule has 106 valence electrons. The second-order valence-electron chi connectivity index (χ2n) is 4.78. The van der Waals surface area contributed by atoms with E-state index < -0.39 is 0 Å². The Labute approximate surface area is 126 Å². The molecule has 0 saturated carbocycles. The molecule has 0 aliphatic heterocycles. The maximum absolute atomic E-state index is 13.1. The van der Waals surface area contributed by atoms with Gasteiger partial charge in [-0.1, -0.05) is 35.9 Å². The lowest BCUT2D eigenvalue weighted by Crippen LogP contribution is -1.90. The standard InChI is InChI=1S/C16H13ClFN3/c1-9-12(3-2-4-13(9)17)15-14(16(19)21-20-15)10-5-7-11(18)8-6-10/h2-8H,1H3,(H3,19,20,21). The Bertz CT molecular complexity index is 794. The van der Waals surface area contributed by atoms with Gasteiger partial charge < -0.3 is 5.73 Å². The lowest BCUT2D eigenvalue weighted by Gasteiger charge is -2.09. The van der Waals surface area contributed by atoms with Gasteiger partial charge in [0.05, 0.1) is 11.3 Å². The molecule has 3 aromatic rings. The summed E-state index contributed by atoms with van der Waals surface area (Å²) in [7, 11) is 0. The fourth-order valence-corrected chi connectivity index (χ4v) is 2.51. The molecule has 2 aromatic carbocycles. The van der Waals surface area contributed by atoms with Crippen LogP contribution in [0.25, 0.3) is 22.4 Å². The molecule has 0 saturated heterocycles. The zero-order valence-corrected chi connectivity index (χ0v) is 12.1. The number of aromatic amines is 1. The van der Waals surface area contributed by atoms with Crippen molar-refractivity contribution in [2.24, 2.45) is 0 Å². The van der Waals surface area contributed by atoms with Crippen LogP contribution in [0.5, 0.6) is 0 Å². The first-order chi connectivity index (χ1) is 10.1. The van der Waals surface area contributed by atoms with Crippen LogP contribution < -0.4 is 5.73 Å². The number of nitrogens with one attached hydrogen (secondary N) is 1. The molecule has 0 atom stereocenters. The Morgan fingerprint density at radius 3 is 2.57 bits per heavy atom. The monoisotopic (exact) mass is 301 g/mol. The van der Waals surface area contributed by atoms with Crippen LogP contribution in [-0.4, -0.2) is 10.2 Å². The van der Waals surface area contributed by atoms with Crippen LogP contribution in [0.3, 0.4) is 0 Å². The number of nitrogens with zero attached hydrogens (tertiary/aromatic N) is 1. The highest BCUT2D eigenvalue weighted by atomic mass is 35.5. The topological polar surface area (TPSA) is 54.7 Å². The van der Waals surface area contributed by atoms with E-state index in [9.17, 15) is 4.39 Å². The van der Waals surface area contributed by atoms with Gasteiger partial charge in [0.25, 0.3) is 0 Å². The van der Waals surface area contributed by atoms with E-state index in [1.54, 1.807) is 12.1 Å². The molecular weight excluding hydrogens is 289 g/mol. The molecule has 3 rings (SSSR count). The smallest absolute Gasteiger partial charge is 0.153 e. The van der Waals surface area contributed by atoms with Crippen LogP contribution in [0.15, 0.2) is 42.5 Å². The minimum Gasteiger partial charge on any atom is -0.382 e. The molecule has 1 aromatic heterocycles. The van der Waals surface area contributed by atoms with Crippen LogP contribution in [0.1, 0.15) is 5.56 Å². The van der Waals surface area contributed by atoms with Crippen LogP contribution in [-0.2, 0) is 0 Å². The second kappa shape index (κ2) is 5.22. The predicted octanol–water partition coefficient (Wildman–Crippen LogP) is 4.43. The summed E-state index contributed by atoms with van der Waals surface area (Å²) in [5, 5.41) is 7.69. The summed E-state index contributed by atoms with van der Waals surface area (Å²) >= 11 is 6.17. The van der Waals surface area contributed by atoms with E-state index in [2.05, 4.69) is 10.2 Å². The Morgan fingerprint density at radius 1 is 1.14 bits per heavy atom. The summed E-state index contributed by atoms with van der Waals surface area (Å²) < 4.78 is 13.1.